The van der Waals surface area contributed by atoms with Gasteiger partial charge in [0.25, 0.3) is 0 Å². The predicted molar refractivity (Wildman–Crippen MR) is 68.2 cm³/mol. The Morgan fingerprint density at radius 1 is 1.41 bits per heavy atom. The number of rotatable bonds is 1. The SMILES string of the molecule is CC[C@@H]1CNCc2ccc3ccncc3c2O1. The highest BCUT2D eigenvalue weighted by Gasteiger charge is 2.17. The zero-order valence-electron chi connectivity index (χ0n) is 9.94. The summed E-state index contributed by atoms with van der Waals surface area (Å²) >= 11 is 0. The number of benzene rings is 1. The van der Waals surface area contributed by atoms with Gasteiger partial charge in [-0.3, -0.25) is 4.98 Å². The maximum Gasteiger partial charge on any atom is 0.133 e. The summed E-state index contributed by atoms with van der Waals surface area (Å²) in [6.07, 6.45) is 4.98. The maximum atomic E-state index is 6.12. The van der Waals surface area contributed by atoms with Crippen LogP contribution < -0.4 is 10.1 Å². The molecular formula is C14H16N2O. The minimum atomic E-state index is 0.252. The highest BCUT2D eigenvalue weighted by Crippen LogP contribution is 2.31. The Morgan fingerprint density at radius 2 is 2.35 bits per heavy atom. The van der Waals surface area contributed by atoms with Crippen LogP contribution in [-0.4, -0.2) is 17.6 Å². The molecular weight excluding hydrogens is 212 g/mol. The van der Waals surface area contributed by atoms with Gasteiger partial charge in [0, 0.05) is 36.4 Å². The normalized spacial score (nSPS) is 19.5. The minimum absolute atomic E-state index is 0.252. The van der Waals surface area contributed by atoms with Crippen LogP contribution in [0.1, 0.15) is 18.9 Å². The first-order chi connectivity index (χ1) is 8.38. The molecule has 0 radical (unpaired) electrons. The van der Waals surface area contributed by atoms with Gasteiger partial charge < -0.3 is 10.1 Å². The van der Waals surface area contributed by atoms with E-state index in [0.29, 0.717) is 0 Å². The molecule has 0 saturated heterocycles. The fraction of sp³-hybridized carbons (Fsp3) is 0.357. The summed E-state index contributed by atoms with van der Waals surface area (Å²) in [6, 6.07) is 6.30. The molecule has 1 aliphatic heterocycles. The summed E-state index contributed by atoms with van der Waals surface area (Å²) in [5.74, 6) is 1.01. The van der Waals surface area contributed by atoms with Crippen molar-refractivity contribution < 1.29 is 4.74 Å². The highest BCUT2D eigenvalue weighted by molar-refractivity contribution is 5.88. The smallest absolute Gasteiger partial charge is 0.133 e. The van der Waals surface area contributed by atoms with E-state index in [4.69, 9.17) is 4.74 Å². The van der Waals surface area contributed by atoms with E-state index in [1.807, 2.05) is 18.5 Å². The summed E-state index contributed by atoms with van der Waals surface area (Å²) in [6.45, 7) is 3.93. The van der Waals surface area contributed by atoms with Gasteiger partial charge in [-0.15, -0.1) is 0 Å². The van der Waals surface area contributed by atoms with Crippen LogP contribution in [0.15, 0.2) is 30.6 Å². The van der Waals surface area contributed by atoms with E-state index in [0.717, 1.165) is 30.6 Å². The number of nitrogens with one attached hydrogen (secondary N) is 1. The lowest BCUT2D eigenvalue weighted by Crippen LogP contribution is -2.27. The fourth-order valence-electron chi connectivity index (χ4n) is 2.26. The van der Waals surface area contributed by atoms with E-state index in [1.54, 1.807) is 0 Å². The van der Waals surface area contributed by atoms with Gasteiger partial charge in [-0.1, -0.05) is 19.1 Å². The van der Waals surface area contributed by atoms with Crippen molar-refractivity contribution in [3.8, 4) is 5.75 Å². The van der Waals surface area contributed by atoms with Crippen molar-refractivity contribution in [3.05, 3.63) is 36.2 Å². The van der Waals surface area contributed by atoms with E-state index >= 15 is 0 Å². The first-order valence-electron chi connectivity index (χ1n) is 6.11. The molecule has 0 saturated carbocycles. The molecule has 3 nitrogen and oxygen atoms in total. The Balaban J connectivity index is 2.16. The van der Waals surface area contributed by atoms with Crippen LogP contribution in [0, 0.1) is 0 Å². The van der Waals surface area contributed by atoms with Gasteiger partial charge >= 0.3 is 0 Å². The molecule has 1 aliphatic rings. The number of pyridine rings is 1. The van der Waals surface area contributed by atoms with Crippen LogP contribution in [0.5, 0.6) is 5.75 Å². The largest absolute Gasteiger partial charge is 0.488 e. The van der Waals surface area contributed by atoms with Crippen molar-refractivity contribution in [1.82, 2.24) is 10.3 Å². The van der Waals surface area contributed by atoms with E-state index in [9.17, 15) is 0 Å². The van der Waals surface area contributed by atoms with Crippen molar-refractivity contribution >= 4 is 10.8 Å². The lowest BCUT2D eigenvalue weighted by atomic mass is 10.1. The molecule has 1 aromatic carbocycles. The van der Waals surface area contributed by atoms with Crippen molar-refractivity contribution in [2.45, 2.75) is 26.0 Å². The van der Waals surface area contributed by atoms with Crippen LogP contribution in [0.25, 0.3) is 10.8 Å². The van der Waals surface area contributed by atoms with Crippen LogP contribution in [-0.2, 0) is 6.54 Å². The molecule has 17 heavy (non-hydrogen) atoms. The maximum absolute atomic E-state index is 6.12. The molecule has 88 valence electrons. The third-order valence-electron chi connectivity index (χ3n) is 3.28. The van der Waals surface area contributed by atoms with E-state index < -0.39 is 0 Å². The Bertz CT molecular complexity index is 539. The lowest BCUT2D eigenvalue weighted by molar-refractivity contribution is 0.204. The first kappa shape index (κ1) is 10.5. The summed E-state index contributed by atoms with van der Waals surface area (Å²) < 4.78 is 6.12. The number of fused-ring (bicyclic) bond motifs is 3. The van der Waals surface area contributed by atoms with Gasteiger partial charge in [-0.2, -0.15) is 0 Å². The first-order valence-corrected chi connectivity index (χ1v) is 6.11. The third-order valence-corrected chi connectivity index (χ3v) is 3.28. The van der Waals surface area contributed by atoms with Gasteiger partial charge in [-0.25, -0.2) is 0 Å². The van der Waals surface area contributed by atoms with Crippen LogP contribution >= 0.6 is 0 Å². The predicted octanol–water partition coefficient (Wildman–Crippen LogP) is 2.50. The molecule has 0 amide bonds. The van der Waals surface area contributed by atoms with Gasteiger partial charge in [0.15, 0.2) is 0 Å². The molecule has 2 aromatic rings. The molecule has 1 N–H and O–H groups in total. The van der Waals surface area contributed by atoms with Crippen molar-refractivity contribution in [3.63, 3.8) is 0 Å². The topological polar surface area (TPSA) is 34.2 Å². The quantitative estimate of drug-likeness (QED) is 0.814. The van der Waals surface area contributed by atoms with Gasteiger partial charge in [-0.05, 0) is 17.9 Å². The Hall–Kier alpha value is -1.61. The number of aromatic nitrogens is 1. The van der Waals surface area contributed by atoms with Gasteiger partial charge in [0.2, 0.25) is 0 Å². The number of nitrogens with zero attached hydrogens (tertiary/aromatic N) is 1. The Labute approximate surface area is 101 Å². The average Bonchev–Trinajstić information content (AvgIpc) is 2.60. The summed E-state index contributed by atoms with van der Waals surface area (Å²) in [5, 5.41) is 5.73. The molecule has 0 unspecified atom stereocenters. The number of ether oxygens (including phenoxy) is 1. The zero-order chi connectivity index (χ0) is 11.7. The molecule has 3 rings (SSSR count). The highest BCUT2D eigenvalue weighted by atomic mass is 16.5. The van der Waals surface area contributed by atoms with Crippen LogP contribution in [0.3, 0.4) is 0 Å². The molecule has 1 atom stereocenters. The molecule has 1 aromatic heterocycles. The molecule has 0 spiro atoms. The second kappa shape index (κ2) is 4.34. The fourth-order valence-corrected chi connectivity index (χ4v) is 2.26. The monoisotopic (exact) mass is 228 g/mol. The Kier molecular flexibility index (Phi) is 2.69. The van der Waals surface area contributed by atoms with Crippen molar-refractivity contribution in [1.29, 1.82) is 0 Å². The standard InChI is InChI=1S/C14H16N2O/c1-2-12-8-16-7-11-4-3-10-5-6-15-9-13(10)14(11)17-12/h3-6,9,12,16H,2,7-8H2,1H3/t12-/m1/s1. The molecule has 0 fully saturated rings. The zero-order valence-corrected chi connectivity index (χ0v) is 9.94. The van der Waals surface area contributed by atoms with Crippen LogP contribution in [0.4, 0.5) is 0 Å². The second-order valence-corrected chi connectivity index (χ2v) is 4.43. The second-order valence-electron chi connectivity index (χ2n) is 4.43. The van der Waals surface area contributed by atoms with E-state index in [1.165, 1.54) is 10.9 Å². The Morgan fingerprint density at radius 3 is 3.24 bits per heavy atom. The molecule has 0 aliphatic carbocycles. The summed E-state index contributed by atoms with van der Waals surface area (Å²) in [7, 11) is 0. The molecule has 2 heterocycles. The number of hydrogen-bond donors (Lipinski definition) is 1. The van der Waals surface area contributed by atoms with Gasteiger partial charge in [0.1, 0.15) is 11.9 Å². The average molecular weight is 228 g/mol. The minimum Gasteiger partial charge on any atom is -0.488 e. The summed E-state index contributed by atoms with van der Waals surface area (Å²) in [4.78, 5) is 4.20. The summed E-state index contributed by atoms with van der Waals surface area (Å²) in [5.41, 5.74) is 1.22. The van der Waals surface area contributed by atoms with Crippen molar-refractivity contribution in [2.24, 2.45) is 0 Å². The number of hydrogen-bond acceptors (Lipinski definition) is 3. The van der Waals surface area contributed by atoms with Gasteiger partial charge in [0.05, 0.1) is 0 Å². The van der Waals surface area contributed by atoms with Crippen molar-refractivity contribution in [2.75, 3.05) is 6.54 Å². The molecule has 0 bridgehead atoms. The molecule has 3 heteroatoms. The lowest BCUT2D eigenvalue weighted by Gasteiger charge is -2.16. The van der Waals surface area contributed by atoms with Crippen LogP contribution in [0.2, 0.25) is 0 Å². The van der Waals surface area contributed by atoms with E-state index in [-0.39, 0.29) is 6.10 Å². The third kappa shape index (κ3) is 1.87. The van der Waals surface area contributed by atoms with E-state index in [2.05, 4.69) is 29.4 Å².